The summed E-state index contributed by atoms with van der Waals surface area (Å²) in [6.07, 6.45) is 4.52. The van der Waals surface area contributed by atoms with E-state index in [2.05, 4.69) is 17.3 Å². The van der Waals surface area contributed by atoms with Gasteiger partial charge in [0.1, 0.15) is 0 Å². The summed E-state index contributed by atoms with van der Waals surface area (Å²) in [5, 5.41) is 6.94. The standard InChI is InChI=1S/C11H20N4O/c1-4-5-6-9(12)11(16)13-10-7-15(3)14-8(10)2/h7,9H,4-6,12H2,1-3H3,(H,13,16)/t9-/m0/s1. The second-order valence-corrected chi connectivity index (χ2v) is 4.04. The molecule has 1 amide bonds. The van der Waals surface area contributed by atoms with Crippen LogP contribution < -0.4 is 11.1 Å². The van der Waals surface area contributed by atoms with Crippen LogP contribution in [0.2, 0.25) is 0 Å². The Labute approximate surface area is 96.0 Å². The summed E-state index contributed by atoms with van der Waals surface area (Å²) in [4.78, 5) is 11.7. The van der Waals surface area contributed by atoms with E-state index in [4.69, 9.17) is 5.73 Å². The lowest BCUT2D eigenvalue weighted by Gasteiger charge is -2.10. The maximum Gasteiger partial charge on any atom is 0.241 e. The number of nitrogens with two attached hydrogens (primary N) is 1. The fourth-order valence-electron chi connectivity index (χ4n) is 1.50. The molecule has 1 heterocycles. The normalized spacial score (nSPS) is 12.5. The minimum Gasteiger partial charge on any atom is -0.322 e. The van der Waals surface area contributed by atoms with E-state index in [1.54, 1.807) is 10.9 Å². The third-order valence-corrected chi connectivity index (χ3v) is 2.48. The van der Waals surface area contributed by atoms with Gasteiger partial charge in [-0.25, -0.2) is 0 Å². The maximum absolute atomic E-state index is 11.7. The maximum atomic E-state index is 11.7. The zero-order valence-corrected chi connectivity index (χ0v) is 10.2. The largest absolute Gasteiger partial charge is 0.322 e. The molecule has 0 bridgehead atoms. The van der Waals surface area contributed by atoms with E-state index < -0.39 is 6.04 Å². The molecule has 0 saturated heterocycles. The first-order valence-electron chi connectivity index (χ1n) is 5.61. The number of aromatic nitrogens is 2. The third-order valence-electron chi connectivity index (χ3n) is 2.48. The lowest BCUT2D eigenvalue weighted by molar-refractivity contribution is -0.117. The number of unbranched alkanes of at least 4 members (excludes halogenated alkanes) is 1. The Hall–Kier alpha value is -1.36. The number of carbonyl (C=O) groups is 1. The molecule has 0 fully saturated rings. The zero-order chi connectivity index (χ0) is 12.1. The highest BCUT2D eigenvalue weighted by Crippen LogP contribution is 2.12. The van der Waals surface area contributed by atoms with Gasteiger partial charge >= 0.3 is 0 Å². The van der Waals surface area contributed by atoms with Crippen LogP contribution in [0.4, 0.5) is 5.69 Å². The predicted octanol–water partition coefficient (Wildman–Crippen LogP) is 1.18. The molecule has 0 aliphatic carbocycles. The van der Waals surface area contributed by atoms with Crippen LogP contribution in [0, 0.1) is 6.92 Å². The van der Waals surface area contributed by atoms with Gasteiger partial charge in [0.2, 0.25) is 5.91 Å². The van der Waals surface area contributed by atoms with Crippen molar-refractivity contribution < 1.29 is 4.79 Å². The first-order chi connectivity index (χ1) is 7.54. The number of aryl methyl sites for hydroxylation is 2. The van der Waals surface area contributed by atoms with Gasteiger partial charge in [-0.2, -0.15) is 5.10 Å². The lowest BCUT2D eigenvalue weighted by atomic mass is 10.1. The molecule has 16 heavy (non-hydrogen) atoms. The average molecular weight is 224 g/mol. The topological polar surface area (TPSA) is 72.9 Å². The van der Waals surface area contributed by atoms with Crippen molar-refractivity contribution in [1.29, 1.82) is 0 Å². The molecule has 1 rings (SSSR count). The van der Waals surface area contributed by atoms with Gasteiger partial charge in [0.25, 0.3) is 0 Å². The summed E-state index contributed by atoms with van der Waals surface area (Å²) in [5.74, 6) is -0.135. The number of hydrogen-bond donors (Lipinski definition) is 2. The second-order valence-electron chi connectivity index (χ2n) is 4.04. The number of amides is 1. The smallest absolute Gasteiger partial charge is 0.241 e. The van der Waals surface area contributed by atoms with Gasteiger partial charge in [-0.15, -0.1) is 0 Å². The minimum absolute atomic E-state index is 0.135. The number of carbonyl (C=O) groups excluding carboxylic acids is 1. The van der Waals surface area contributed by atoms with E-state index in [0.29, 0.717) is 0 Å². The Kier molecular flexibility index (Phi) is 4.49. The van der Waals surface area contributed by atoms with E-state index >= 15 is 0 Å². The van der Waals surface area contributed by atoms with Gasteiger partial charge in [-0.05, 0) is 13.3 Å². The molecular weight excluding hydrogens is 204 g/mol. The van der Waals surface area contributed by atoms with Gasteiger partial charge in [0.05, 0.1) is 17.4 Å². The van der Waals surface area contributed by atoms with Crippen LogP contribution in [0.5, 0.6) is 0 Å². The number of hydrogen-bond acceptors (Lipinski definition) is 3. The summed E-state index contributed by atoms with van der Waals surface area (Å²) >= 11 is 0. The molecule has 0 aliphatic heterocycles. The Morgan fingerprint density at radius 3 is 2.88 bits per heavy atom. The molecule has 0 unspecified atom stereocenters. The molecule has 1 atom stereocenters. The number of nitrogens with zero attached hydrogens (tertiary/aromatic N) is 2. The van der Waals surface area contributed by atoms with Gasteiger partial charge in [-0.3, -0.25) is 9.48 Å². The molecule has 5 heteroatoms. The Morgan fingerprint density at radius 2 is 2.38 bits per heavy atom. The van der Waals surface area contributed by atoms with Gasteiger partial charge in [-0.1, -0.05) is 19.8 Å². The number of nitrogens with one attached hydrogen (secondary N) is 1. The molecule has 0 aromatic carbocycles. The number of anilines is 1. The monoisotopic (exact) mass is 224 g/mol. The molecule has 0 spiro atoms. The van der Waals surface area contributed by atoms with E-state index in [1.807, 2.05) is 14.0 Å². The fraction of sp³-hybridized carbons (Fsp3) is 0.636. The predicted molar refractivity (Wildman–Crippen MR) is 64.1 cm³/mol. The molecule has 0 saturated carbocycles. The van der Waals surface area contributed by atoms with E-state index in [1.165, 1.54) is 0 Å². The summed E-state index contributed by atoms with van der Waals surface area (Å²) in [6.45, 7) is 3.93. The summed E-state index contributed by atoms with van der Waals surface area (Å²) in [6, 6.07) is -0.431. The Morgan fingerprint density at radius 1 is 1.69 bits per heavy atom. The molecule has 5 nitrogen and oxygen atoms in total. The zero-order valence-electron chi connectivity index (χ0n) is 10.2. The van der Waals surface area contributed by atoms with Crippen molar-refractivity contribution >= 4 is 11.6 Å². The van der Waals surface area contributed by atoms with Crippen LogP contribution >= 0.6 is 0 Å². The van der Waals surface area contributed by atoms with Crippen LogP contribution in [0.25, 0.3) is 0 Å². The van der Waals surface area contributed by atoms with Crippen molar-refractivity contribution in [2.24, 2.45) is 12.8 Å². The Balaban J connectivity index is 2.53. The summed E-state index contributed by atoms with van der Waals surface area (Å²) < 4.78 is 1.67. The average Bonchev–Trinajstić information content (AvgIpc) is 2.53. The van der Waals surface area contributed by atoms with Crippen LogP contribution in [0.3, 0.4) is 0 Å². The fourth-order valence-corrected chi connectivity index (χ4v) is 1.50. The van der Waals surface area contributed by atoms with E-state index in [0.717, 1.165) is 30.6 Å². The molecular formula is C11H20N4O. The lowest BCUT2D eigenvalue weighted by Crippen LogP contribution is -2.35. The molecule has 1 aromatic heterocycles. The second kappa shape index (κ2) is 5.65. The first-order valence-corrected chi connectivity index (χ1v) is 5.61. The van der Waals surface area contributed by atoms with Gasteiger partial charge in [0.15, 0.2) is 0 Å². The van der Waals surface area contributed by atoms with E-state index in [9.17, 15) is 4.79 Å². The quantitative estimate of drug-likeness (QED) is 0.789. The van der Waals surface area contributed by atoms with Crippen molar-refractivity contribution in [2.75, 3.05) is 5.32 Å². The minimum atomic E-state index is -0.431. The molecule has 0 radical (unpaired) electrons. The molecule has 0 aliphatic rings. The first kappa shape index (κ1) is 12.7. The summed E-state index contributed by atoms with van der Waals surface area (Å²) in [7, 11) is 1.82. The van der Waals surface area contributed by atoms with Crippen LogP contribution in [0.1, 0.15) is 31.9 Å². The van der Waals surface area contributed by atoms with Gasteiger partial charge < -0.3 is 11.1 Å². The van der Waals surface area contributed by atoms with Crippen LogP contribution in [-0.4, -0.2) is 21.7 Å². The van der Waals surface area contributed by atoms with Crippen LogP contribution in [-0.2, 0) is 11.8 Å². The third kappa shape index (κ3) is 3.34. The molecule has 90 valence electrons. The van der Waals surface area contributed by atoms with Crippen molar-refractivity contribution in [3.8, 4) is 0 Å². The molecule has 3 N–H and O–H groups in total. The van der Waals surface area contributed by atoms with Crippen molar-refractivity contribution in [2.45, 2.75) is 39.2 Å². The Bertz CT molecular complexity index is 359. The van der Waals surface area contributed by atoms with Gasteiger partial charge in [0, 0.05) is 13.2 Å². The van der Waals surface area contributed by atoms with Crippen LogP contribution in [0.15, 0.2) is 6.20 Å². The summed E-state index contributed by atoms with van der Waals surface area (Å²) in [5.41, 5.74) is 7.31. The number of rotatable bonds is 5. The highest BCUT2D eigenvalue weighted by Gasteiger charge is 2.14. The van der Waals surface area contributed by atoms with Crippen molar-refractivity contribution in [1.82, 2.24) is 9.78 Å². The SMILES string of the molecule is CCCC[C@H](N)C(=O)Nc1cn(C)nc1C. The highest BCUT2D eigenvalue weighted by molar-refractivity contribution is 5.94. The van der Waals surface area contributed by atoms with Crippen molar-refractivity contribution in [3.05, 3.63) is 11.9 Å². The van der Waals surface area contributed by atoms with E-state index in [-0.39, 0.29) is 5.91 Å². The van der Waals surface area contributed by atoms with Crippen molar-refractivity contribution in [3.63, 3.8) is 0 Å². The highest BCUT2D eigenvalue weighted by atomic mass is 16.2. The molecule has 1 aromatic rings.